The SMILES string of the molecule is CC(C)(C)OC(=O)NC(CC1CCC(Nc2ncc(-c3ccccc3)c(-c3ccccc3)n2)CC1)C(=O)O. The highest BCUT2D eigenvalue weighted by molar-refractivity contribution is 5.81. The fraction of sp³-hybridized carbons (Fsp3) is 0.400. The highest BCUT2D eigenvalue weighted by atomic mass is 16.6. The molecule has 1 aliphatic rings. The van der Waals surface area contributed by atoms with Crippen molar-refractivity contribution < 1.29 is 19.4 Å². The summed E-state index contributed by atoms with van der Waals surface area (Å²) in [7, 11) is 0. The number of nitrogens with zero attached hydrogens (tertiary/aromatic N) is 2. The van der Waals surface area contributed by atoms with Crippen molar-refractivity contribution in [3.8, 4) is 22.4 Å². The number of carboxylic acids is 1. The van der Waals surface area contributed by atoms with Crippen molar-refractivity contribution in [2.75, 3.05) is 5.32 Å². The van der Waals surface area contributed by atoms with Crippen LogP contribution in [-0.4, -0.2) is 44.8 Å². The maximum atomic E-state index is 12.1. The molecule has 2 aromatic carbocycles. The van der Waals surface area contributed by atoms with Crippen molar-refractivity contribution in [1.82, 2.24) is 15.3 Å². The number of benzene rings is 2. The molecule has 3 N–H and O–H groups in total. The zero-order valence-corrected chi connectivity index (χ0v) is 22.2. The number of alkyl carbamates (subject to hydrolysis) is 1. The third kappa shape index (κ3) is 7.54. The molecule has 1 saturated carbocycles. The lowest BCUT2D eigenvalue weighted by atomic mass is 9.82. The van der Waals surface area contributed by atoms with Crippen molar-refractivity contribution in [3.05, 3.63) is 66.9 Å². The number of aromatic nitrogens is 2. The monoisotopic (exact) mass is 516 g/mol. The van der Waals surface area contributed by atoms with Gasteiger partial charge in [-0.2, -0.15) is 0 Å². The van der Waals surface area contributed by atoms with E-state index in [1.165, 1.54) is 0 Å². The number of amides is 1. The van der Waals surface area contributed by atoms with Crippen LogP contribution in [0.4, 0.5) is 10.7 Å². The van der Waals surface area contributed by atoms with E-state index in [1.807, 2.05) is 54.7 Å². The predicted molar refractivity (Wildman–Crippen MR) is 148 cm³/mol. The Morgan fingerprint density at radius 1 is 0.974 bits per heavy atom. The topological polar surface area (TPSA) is 113 Å². The molecule has 4 rings (SSSR count). The number of carboxylic acid groups (broad SMARTS) is 1. The van der Waals surface area contributed by atoms with Crippen LogP contribution in [-0.2, 0) is 9.53 Å². The Morgan fingerprint density at radius 3 is 2.16 bits per heavy atom. The molecule has 8 nitrogen and oxygen atoms in total. The first-order valence-electron chi connectivity index (χ1n) is 13.1. The van der Waals surface area contributed by atoms with E-state index in [0.717, 1.165) is 48.1 Å². The van der Waals surface area contributed by atoms with Gasteiger partial charge in [-0.15, -0.1) is 0 Å². The summed E-state index contributed by atoms with van der Waals surface area (Å²) in [5.74, 6) is -0.260. The van der Waals surface area contributed by atoms with E-state index in [1.54, 1.807) is 20.8 Å². The fourth-order valence-electron chi connectivity index (χ4n) is 4.83. The Balaban J connectivity index is 1.39. The molecule has 0 spiro atoms. The van der Waals surface area contributed by atoms with Gasteiger partial charge in [0.15, 0.2) is 0 Å². The molecule has 1 fully saturated rings. The molecule has 1 amide bonds. The summed E-state index contributed by atoms with van der Waals surface area (Å²) in [5.41, 5.74) is 3.26. The predicted octanol–water partition coefficient (Wildman–Crippen LogP) is 6.15. The Morgan fingerprint density at radius 2 is 1.58 bits per heavy atom. The minimum absolute atomic E-state index is 0.194. The molecule has 1 aromatic heterocycles. The number of carbonyl (C=O) groups excluding carboxylic acids is 1. The second kappa shape index (κ2) is 12.1. The molecule has 1 aliphatic carbocycles. The van der Waals surface area contributed by atoms with Crippen molar-refractivity contribution in [1.29, 1.82) is 0 Å². The van der Waals surface area contributed by atoms with Crippen molar-refractivity contribution in [2.45, 2.75) is 70.6 Å². The largest absolute Gasteiger partial charge is 0.480 e. The molecular weight excluding hydrogens is 480 g/mol. The number of hydrogen-bond acceptors (Lipinski definition) is 6. The molecule has 8 heteroatoms. The summed E-state index contributed by atoms with van der Waals surface area (Å²) >= 11 is 0. The van der Waals surface area contributed by atoms with Crippen LogP contribution in [0.5, 0.6) is 0 Å². The van der Waals surface area contributed by atoms with E-state index in [2.05, 4.69) is 27.8 Å². The van der Waals surface area contributed by atoms with Gasteiger partial charge < -0.3 is 20.5 Å². The average Bonchev–Trinajstić information content (AvgIpc) is 2.89. The number of rotatable bonds is 8. The lowest BCUT2D eigenvalue weighted by Crippen LogP contribution is -2.44. The van der Waals surface area contributed by atoms with Gasteiger partial charge in [-0.3, -0.25) is 0 Å². The molecule has 1 atom stereocenters. The quantitative estimate of drug-likeness (QED) is 0.329. The third-order valence-corrected chi connectivity index (χ3v) is 6.66. The minimum atomic E-state index is -1.04. The van der Waals surface area contributed by atoms with Gasteiger partial charge in [-0.05, 0) is 64.4 Å². The summed E-state index contributed by atoms with van der Waals surface area (Å²) in [4.78, 5) is 33.4. The van der Waals surface area contributed by atoms with Crippen LogP contribution < -0.4 is 10.6 Å². The number of hydrogen-bond donors (Lipinski definition) is 3. The number of carbonyl (C=O) groups is 2. The lowest BCUT2D eigenvalue weighted by Gasteiger charge is -2.31. The molecule has 0 bridgehead atoms. The first kappa shape index (κ1) is 27.1. The highest BCUT2D eigenvalue weighted by Crippen LogP contribution is 2.33. The van der Waals surface area contributed by atoms with E-state index in [4.69, 9.17) is 9.72 Å². The average molecular weight is 517 g/mol. The van der Waals surface area contributed by atoms with Crippen LogP contribution in [0.15, 0.2) is 66.9 Å². The van der Waals surface area contributed by atoms with Gasteiger partial charge in [0, 0.05) is 23.4 Å². The fourth-order valence-corrected chi connectivity index (χ4v) is 4.83. The van der Waals surface area contributed by atoms with Gasteiger partial charge in [-0.25, -0.2) is 19.6 Å². The number of nitrogens with one attached hydrogen (secondary N) is 2. The summed E-state index contributed by atoms with van der Waals surface area (Å²) in [6, 6.07) is 19.4. The van der Waals surface area contributed by atoms with Gasteiger partial charge in [0.05, 0.1) is 5.69 Å². The molecular formula is C30H36N4O4. The smallest absolute Gasteiger partial charge is 0.408 e. The standard InChI is InChI=1S/C30H36N4O4/c1-30(2,3)38-29(37)33-25(27(35)36)18-20-14-16-23(17-15-20)32-28-31-19-24(21-10-6-4-7-11-21)26(34-28)22-12-8-5-9-13-22/h4-13,19-20,23,25H,14-18H2,1-3H3,(H,33,37)(H,35,36)(H,31,32,34). The van der Waals surface area contributed by atoms with Crippen LogP contribution in [0.1, 0.15) is 52.9 Å². The Labute approximate surface area is 223 Å². The summed E-state index contributed by atoms with van der Waals surface area (Å²) in [6.45, 7) is 5.25. The lowest BCUT2D eigenvalue weighted by molar-refractivity contribution is -0.140. The summed E-state index contributed by atoms with van der Waals surface area (Å²) in [5, 5.41) is 15.6. The molecule has 0 aliphatic heterocycles. The first-order chi connectivity index (χ1) is 18.2. The zero-order chi connectivity index (χ0) is 27.1. The van der Waals surface area contributed by atoms with Crippen molar-refractivity contribution in [2.24, 2.45) is 5.92 Å². The molecule has 3 aromatic rings. The van der Waals surface area contributed by atoms with Crippen molar-refractivity contribution >= 4 is 18.0 Å². The zero-order valence-electron chi connectivity index (χ0n) is 22.2. The summed E-state index contributed by atoms with van der Waals surface area (Å²) < 4.78 is 5.23. The van der Waals surface area contributed by atoms with Crippen LogP contribution in [0.3, 0.4) is 0 Å². The normalized spacial score (nSPS) is 18.3. The highest BCUT2D eigenvalue weighted by Gasteiger charge is 2.29. The first-order valence-corrected chi connectivity index (χ1v) is 13.1. The van der Waals surface area contributed by atoms with Gasteiger partial charge in [0.1, 0.15) is 11.6 Å². The van der Waals surface area contributed by atoms with E-state index in [0.29, 0.717) is 12.4 Å². The maximum absolute atomic E-state index is 12.1. The second-order valence-corrected chi connectivity index (χ2v) is 10.8. The summed E-state index contributed by atoms with van der Waals surface area (Å²) in [6.07, 6.45) is 4.99. The van der Waals surface area contributed by atoms with Gasteiger partial charge in [-0.1, -0.05) is 60.7 Å². The number of ether oxygens (including phenoxy) is 1. The van der Waals surface area contributed by atoms with Crippen LogP contribution >= 0.6 is 0 Å². The van der Waals surface area contributed by atoms with E-state index < -0.39 is 23.7 Å². The van der Waals surface area contributed by atoms with Gasteiger partial charge in [0.25, 0.3) is 0 Å². The molecule has 1 heterocycles. The molecule has 1 unspecified atom stereocenters. The minimum Gasteiger partial charge on any atom is -0.480 e. The van der Waals surface area contributed by atoms with E-state index in [9.17, 15) is 14.7 Å². The third-order valence-electron chi connectivity index (χ3n) is 6.66. The maximum Gasteiger partial charge on any atom is 0.408 e. The van der Waals surface area contributed by atoms with E-state index in [-0.39, 0.29) is 12.0 Å². The van der Waals surface area contributed by atoms with Gasteiger partial charge >= 0.3 is 12.1 Å². The van der Waals surface area contributed by atoms with Crippen LogP contribution in [0.25, 0.3) is 22.4 Å². The van der Waals surface area contributed by atoms with E-state index >= 15 is 0 Å². The molecule has 200 valence electrons. The van der Waals surface area contributed by atoms with Gasteiger partial charge in [0.2, 0.25) is 5.95 Å². The Hall–Kier alpha value is -3.94. The van der Waals surface area contributed by atoms with Crippen LogP contribution in [0.2, 0.25) is 0 Å². The molecule has 0 radical (unpaired) electrons. The number of anilines is 1. The molecule has 0 saturated heterocycles. The Bertz CT molecular complexity index is 1220. The van der Waals surface area contributed by atoms with Crippen molar-refractivity contribution in [3.63, 3.8) is 0 Å². The molecule has 38 heavy (non-hydrogen) atoms. The number of aliphatic carboxylic acids is 1. The van der Waals surface area contributed by atoms with Crippen LogP contribution in [0, 0.1) is 5.92 Å². The second-order valence-electron chi connectivity index (χ2n) is 10.8. The Kier molecular flexibility index (Phi) is 8.61.